The zero-order valence-corrected chi connectivity index (χ0v) is 17.2. The summed E-state index contributed by atoms with van der Waals surface area (Å²) in [6, 6.07) is 3.68. The number of phenolic OH excluding ortho intramolecular Hbond substituents is 1. The van der Waals surface area contributed by atoms with Crippen LogP contribution in [0.15, 0.2) is 18.2 Å². The molecule has 0 aromatic heterocycles. The molecule has 156 valence electrons. The topological polar surface area (TPSA) is 113 Å². The van der Waals surface area contributed by atoms with E-state index in [1.165, 1.54) is 19.2 Å². The monoisotopic (exact) mass is 422 g/mol. The van der Waals surface area contributed by atoms with Crippen molar-refractivity contribution < 1.29 is 34.4 Å². The quantitative estimate of drug-likeness (QED) is 0.421. The van der Waals surface area contributed by atoms with Crippen molar-refractivity contribution in [3.8, 4) is 23.0 Å². The maximum absolute atomic E-state index is 12.8. The van der Waals surface area contributed by atoms with Crippen molar-refractivity contribution in [2.75, 3.05) is 7.11 Å². The highest BCUT2D eigenvalue weighted by atomic mass is 35.5. The Kier molecular flexibility index (Phi) is 7.34. The number of ether oxygens (including phenoxy) is 2. The van der Waals surface area contributed by atoms with Crippen LogP contribution in [-0.4, -0.2) is 34.4 Å². The van der Waals surface area contributed by atoms with Crippen LogP contribution in [0.25, 0.3) is 0 Å². The Hall–Kier alpha value is -2.93. The van der Waals surface area contributed by atoms with Gasteiger partial charge in [-0.3, -0.25) is 0 Å². The van der Waals surface area contributed by atoms with Crippen molar-refractivity contribution in [1.82, 2.24) is 0 Å². The van der Waals surface area contributed by atoms with Gasteiger partial charge in [0.25, 0.3) is 0 Å². The molecule has 29 heavy (non-hydrogen) atoms. The second kappa shape index (κ2) is 9.52. The van der Waals surface area contributed by atoms with Crippen LogP contribution < -0.4 is 9.47 Å². The summed E-state index contributed by atoms with van der Waals surface area (Å²) in [6.07, 6.45) is 2.06. The summed E-state index contributed by atoms with van der Waals surface area (Å²) in [6.45, 7) is 3.75. The first-order chi connectivity index (χ1) is 13.7. The standard InChI is InChI=1S/C21H23ClO7/c1-4-6-11-8-12(9-14(23)17(11)20(25)26)29-21(27)18-13(7-5-2)19(22)16(28-3)10-15(18)24/h8-10,23-24H,4-7H2,1-3H3,(H,25,26). The highest BCUT2D eigenvalue weighted by molar-refractivity contribution is 6.33. The van der Waals surface area contributed by atoms with Gasteiger partial charge in [0.2, 0.25) is 0 Å². The SMILES string of the molecule is CCCc1cc(OC(=O)c2c(O)cc(OC)c(Cl)c2CCC)cc(O)c1C(=O)O. The van der Waals surface area contributed by atoms with E-state index in [0.29, 0.717) is 36.8 Å². The Bertz CT molecular complexity index is 937. The Labute approximate surface area is 173 Å². The van der Waals surface area contributed by atoms with Crippen molar-refractivity contribution in [1.29, 1.82) is 0 Å². The van der Waals surface area contributed by atoms with Gasteiger partial charge >= 0.3 is 11.9 Å². The molecule has 0 spiro atoms. The van der Waals surface area contributed by atoms with Gasteiger partial charge in [-0.15, -0.1) is 0 Å². The fourth-order valence-corrected chi connectivity index (χ4v) is 3.44. The van der Waals surface area contributed by atoms with Crippen LogP contribution in [0.3, 0.4) is 0 Å². The minimum absolute atomic E-state index is 0.0326. The number of carboxylic acid groups (broad SMARTS) is 1. The molecule has 7 nitrogen and oxygen atoms in total. The lowest BCUT2D eigenvalue weighted by Gasteiger charge is -2.16. The molecule has 0 radical (unpaired) electrons. The molecule has 2 aromatic rings. The van der Waals surface area contributed by atoms with Gasteiger partial charge in [-0.2, -0.15) is 0 Å². The summed E-state index contributed by atoms with van der Waals surface area (Å²) < 4.78 is 10.5. The molecule has 0 atom stereocenters. The lowest BCUT2D eigenvalue weighted by molar-refractivity contribution is 0.0692. The number of carboxylic acids is 1. The molecule has 0 fully saturated rings. The van der Waals surface area contributed by atoms with E-state index in [4.69, 9.17) is 21.1 Å². The Balaban J connectivity index is 2.50. The van der Waals surface area contributed by atoms with E-state index in [2.05, 4.69) is 0 Å². The molecule has 8 heteroatoms. The number of hydrogen-bond acceptors (Lipinski definition) is 6. The van der Waals surface area contributed by atoms with Crippen molar-refractivity contribution in [3.63, 3.8) is 0 Å². The van der Waals surface area contributed by atoms with E-state index in [1.54, 1.807) is 0 Å². The smallest absolute Gasteiger partial charge is 0.347 e. The number of carbonyl (C=O) groups is 2. The predicted molar refractivity (Wildman–Crippen MR) is 108 cm³/mol. The molecule has 0 heterocycles. The number of halogens is 1. The van der Waals surface area contributed by atoms with Crippen LogP contribution in [-0.2, 0) is 12.8 Å². The van der Waals surface area contributed by atoms with Gasteiger partial charge in [-0.1, -0.05) is 38.3 Å². The van der Waals surface area contributed by atoms with Crippen molar-refractivity contribution in [2.45, 2.75) is 39.5 Å². The molecule has 0 aliphatic carbocycles. The zero-order chi connectivity index (χ0) is 21.7. The molecule has 2 aromatic carbocycles. The van der Waals surface area contributed by atoms with E-state index in [-0.39, 0.29) is 33.4 Å². The molecule has 0 aliphatic rings. The molecule has 0 aliphatic heterocycles. The van der Waals surface area contributed by atoms with Gasteiger partial charge in [0.05, 0.1) is 12.1 Å². The van der Waals surface area contributed by atoms with E-state index in [1.807, 2.05) is 13.8 Å². The summed E-state index contributed by atoms with van der Waals surface area (Å²) >= 11 is 6.31. The average Bonchev–Trinajstić information content (AvgIpc) is 2.64. The third-order valence-corrected chi connectivity index (χ3v) is 4.76. The summed E-state index contributed by atoms with van der Waals surface area (Å²) in [7, 11) is 1.40. The Morgan fingerprint density at radius 1 is 1.00 bits per heavy atom. The van der Waals surface area contributed by atoms with Gasteiger partial charge in [0, 0.05) is 12.1 Å². The van der Waals surface area contributed by atoms with Gasteiger partial charge in [0.1, 0.15) is 34.1 Å². The van der Waals surface area contributed by atoms with E-state index < -0.39 is 17.7 Å². The second-order valence-electron chi connectivity index (χ2n) is 6.44. The normalized spacial score (nSPS) is 10.6. The second-order valence-corrected chi connectivity index (χ2v) is 6.81. The number of aromatic hydroxyl groups is 2. The van der Waals surface area contributed by atoms with Gasteiger partial charge in [-0.05, 0) is 30.0 Å². The van der Waals surface area contributed by atoms with Crippen LogP contribution in [0.4, 0.5) is 0 Å². The van der Waals surface area contributed by atoms with Crippen LogP contribution in [0.1, 0.15) is 58.5 Å². The van der Waals surface area contributed by atoms with E-state index in [9.17, 15) is 24.9 Å². The molecule has 0 saturated heterocycles. The van der Waals surface area contributed by atoms with Crippen LogP contribution in [0, 0.1) is 0 Å². The third kappa shape index (κ3) is 4.74. The Morgan fingerprint density at radius 3 is 2.17 bits per heavy atom. The van der Waals surface area contributed by atoms with Crippen LogP contribution >= 0.6 is 11.6 Å². The Morgan fingerprint density at radius 2 is 1.62 bits per heavy atom. The van der Waals surface area contributed by atoms with E-state index in [0.717, 1.165) is 6.07 Å². The molecule has 2 rings (SSSR count). The number of carbonyl (C=O) groups excluding carboxylic acids is 1. The molecule has 0 bridgehead atoms. The number of aryl methyl sites for hydroxylation is 1. The van der Waals surface area contributed by atoms with Gasteiger partial charge in [0.15, 0.2) is 0 Å². The van der Waals surface area contributed by atoms with Crippen molar-refractivity contribution in [3.05, 3.63) is 45.5 Å². The molecular weight excluding hydrogens is 400 g/mol. The molecule has 0 amide bonds. The minimum atomic E-state index is -1.27. The number of hydrogen-bond donors (Lipinski definition) is 3. The van der Waals surface area contributed by atoms with Crippen molar-refractivity contribution >= 4 is 23.5 Å². The number of aromatic carboxylic acids is 1. The highest BCUT2D eigenvalue weighted by Crippen LogP contribution is 2.38. The van der Waals surface area contributed by atoms with Gasteiger partial charge in [-0.25, -0.2) is 9.59 Å². The van der Waals surface area contributed by atoms with Crippen LogP contribution in [0.2, 0.25) is 5.02 Å². The molecule has 3 N–H and O–H groups in total. The maximum atomic E-state index is 12.8. The largest absolute Gasteiger partial charge is 0.507 e. The first kappa shape index (κ1) is 22.4. The summed E-state index contributed by atoms with van der Waals surface area (Å²) in [5.74, 6) is -2.79. The predicted octanol–water partition coefficient (Wildman–Crippen LogP) is 4.58. The molecule has 0 saturated carbocycles. The third-order valence-electron chi connectivity index (χ3n) is 4.35. The first-order valence-corrected chi connectivity index (χ1v) is 9.52. The lowest BCUT2D eigenvalue weighted by Crippen LogP contribution is -2.13. The minimum Gasteiger partial charge on any atom is -0.507 e. The number of rotatable bonds is 8. The summed E-state index contributed by atoms with van der Waals surface area (Å²) in [5.41, 5.74) is 0.398. The van der Waals surface area contributed by atoms with Gasteiger partial charge < -0.3 is 24.8 Å². The molecular formula is C21H23ClO7. The van der Waals surface area contributed by atoms with Crippen LogP contribution in [0.5, 0.6) is 23.0 Å². The van der Waals surface area contributed by atoms with Crippen molar-refractivity contribution in [2.24, 2.45) is 0 Å². The number of phenols is 2. The maximum Gasteiger partial charge on any atom is 0.347 e. The molecule has 0 unspecified atom stereocenters. The highest BCUT2D eigenvalue weighted by Gasteiger charge is 2.25. The zero-order valence-electron chi connectivity index (χ0n) is 16.4. The summed E-state index contributed by atoms with van der Waals surface area (Å²) in [5, 5.41) is 30.0. The average molecular weight is 423 g/mol. The summed E-state index contributed by atoms with van der Waals surface area (Å²) in [4.78, 5) is 24.2. The first-order valence-electron chi connectivity index (χ1n) is 9.14. The fourth-order valence-electron chi connectivity index (χ4n) is 3.12. The number of methoxy groups -OCH3 is 1. The number of esters is 1. The lowest BCUT2D eigenvalue weighted by atomic mass is 10.0. The fraction of sp³-hybridized carbons (Fsp3) is 0.333. The van der Waals surface area contributed by atoms with E-state index >= 15 is 0 Å². The number of benzene rings is 2.